The lowest BCUT2D eigenvalue weighted by molar-refractivity contribution is 0.0860. The highest BCUT2D eigenvalue weighted by Crippen LogP contribution is 2.18. The summed E-state index contributed by atoms with van der Waals surface area (Å²) in [5.41, 5.74) is 1.32. The summed E-state index contributed by atoms with van der Waals surface area (Å²) in [6.45, 7) is 0. The van der Waals surface area contributed by atoms with Crippen molar-refractivity contribution in [3.63, 3.8) is 0 Å². The Kier molecular flexibility index (Phi) is 3.42. The van der Waals surface area contributed by atoms with Crippen LogP contribution in [0.1, 0.15) is 10.4 Å². The number of carbonyl (C=O) groups excluding carboxylic acids is 1. The van der Waals surface area contributed by atoms with E-state index in [0.717, 1.165) is 11.7 Å². The lowest BCUT2D eigenvalue weighted by Gasteiger charge is -2.08. The number of rotatable bonds is 3. The molecule has 1 amide bonds. The first kappa shape index (κ1) is 11.9. The molecule has 0 bridgehead atoms. The normalized spacial score (nSPS) is 9.89. The van der Waals surface area contributed by atoms with Gasteiger partial charge in [-0.15, -0.1) is 0 Å². The first-order valence-corrected chi connectivity index (χ1v) is 4.94. The van der Waals surface area contributed by atoms with Crippen molar-refractivity contribution in [3.8, 4) is 0 Å². The molecule has 0 spiro atoms. The van der Waals surface area contributed by atoms with Crippen molar-refractivity contribution in [3.05, 3.63) is 48.2 Å². The Morgan fingerprint density at radius 2 is 2.17 bits per heavy atom. The van der Waals surface area contributed by atoms with E-state index in [9.17, 15) is 13.7 Å². The van der Waals surface area contributed by atoms with Gasteiger partial charge in [-0.3, -0.25) is 9.78 Å². The number of carbonyl (C=O) groups is 1. The number of anilines is 2. The molecule has 2 aromatic rings. The lowest BCUT2D eigenvalue weighted by atomic mass is 10.2. The lowest BCUT2D eigenvalue weighted by Crippen LogP contribution is -2.16. The van der Waals surface area contributed by atoms with Crippen LogP contribution >= 0.6 is 0 Å². The Morgan fingerprint density at radius 3 is 2.89 bits per heavy atom. The van der Waals surface area contributed by atoms with Crippen LogP contribution in [0.25, 0.3) is 0 Å². The molecule has 7 heteroatoms. The molecular weight excluding hydrogens is 242 g/mol. The Morgan fingerprint density at radius 1 is 1.33 bits per heavy atom. The fraction of sp³-hybridized carbons (Fsp3) is 0. The minimum Gasteiger partial charge on any atom is -0.338 e. The number of nitrogens with one attached hydrogen (secondary N) is 2. The summed E-state index contributed by atoms with van der Waals surface area (Å²) in [5, 5.41) is 2.69. The third-order valence-electron chi connectivity index (χ3n) is 2.11. The van der Waals surface area contributed by atoms with E-state index >= 15 is 0 Å². The number of hydrogen-bond donors (Lipinski definition) is 2. The molecule has 2 rings (SSSR count). The summed E-state index contributed by atoms with van der Waals surface area (Å²) in [4.78, 5) is 18.8. The second kappa shape index (κ2) is 5.17. The maximum Gasteiger partial charge on any atom is 0.282 e. The number of nitrogens with zero attached hydrogens (tertiary/aromatic N) is 2. The van der Waals surface area contributed by atoms with Crippen LogP contribution in [0.2, 0.25) is 0 Å². The van der Waals surface area contributed by atoms with Crippen LogP contribution in [-0.2, 0) is 0 Å². The van der Waals surface area contributed by atoms with E-state index in [-0.39, 0.29) is 11.4 Å². The molecule has 5 nitrogen and oxygen atoms in total. The van der Waals surface area contributed by atoms with Gasteiger partial charge >= 0.3 is 0 Å². The molecule has 2 heterocycles. The number of pyridine rings is 2. The summed E-state index contributed by atoms with van der Waals surface area (Å²) in [5.74, 6) is -1.36. The second-order valence-electron chi connectivity index (χ2n) is 3.34. The molecule has 2 N–H and O–H groups in total. The summed E-state index contributed by atoms with van der Waals surface area (Å²) in [6, 6.07) is 4.05. The van der Waals surface area contributed by atoms with Crippen LogP contribution < -0.4 is 10.9 Å². The van der Waals surface area contributed by atoms with Gasteiger partial charge in [0.25, 0.3) is 5.91 Å². The number of aromatic nitrogens is 2. The number of halogens is 2. The Balaban J connectivity index is 2.32. The molecular formula is C11H8F2N4O. The van der Waals surface area contributed by atoms with Crippen molar-refractivity contribution in [2.45, 2.75) is 0 Å². The molecule has 0 radical (unpaired) electrons. The molecule has 0 fully saturated rings. The zero-order chi connectivity index (χ0) is 13.0. The first-order chi connectivity index (χ1) is 8.70. The molecule has 0 aliphatic rings. The number of amides is 1. The van der Waals surface area contributed by atoms with Crippen molar-refractivity contribution in [2.75, 3.05) is 5.32 Å². The molecule has 0 atom stereocenters. The average Bonchev–Trinajstić information content (AvgIpc) is 2.38. The highest BCUT2D eigenvalue weighted by Gasteiger charge is 2.12. The SMILES string of the molecule is O=C(NF)c1cccnc1Nc1cncc(F)c1. The van der Waals surface area contributed by atoms with E-state index in [4.69, 9.17) is 0 Å². The first-order valence-electron chi connectivity index (χ1n) is 4.94. The maximum atomic E-state index is 12.9. The highest BCUT2D eigenvalue weighted by molar-refractivity contribution is 5.98. The number of hydrogen-bond acceptors (Lipinski definition) is 4. The van der Waals surface area contributed by atoms with Crippen molar-refractivity contribution in [1.29, 1.82) is 0 Å². The van der Waals surface area contributed by atoms with Gasteiger partial charge in [-0.2, -0.15) is 5.54 Å². The summed E-state index contributed by atoms with van der Waals surface area (Å²) < 4.78 is 25.1. The zero-order valence-corrected chi connectivity index (χ0v) is 9.02. The second-order valence-corrected chi connectivity index (χ2v) is 3.34. The molecule has 0 saturated heterocycles. The van der Waals surface area contributed by atoms with Crippen molar-refractivity contribution >= 4 is 17.4 Å². The minimum atomic E-state index is -0.935. The standard InChI is InChI=1S/C11H8F2N4O/c12-7-4-8(6-14-5-7)16-10-9(11(18)17-13)2-1-3-15-10/h1-6H,(H,15,16)(H,17,18). The van der Waals surface area contributed by atoms with Gasteiger partial charge in [-0.25, -0.2) is 9.37 Å². The van der Waals surface area contributed by atoms with Crippen LogP contribution in [0.4, 0.5) is 20.4 Å². The monoisotopic (exact) mass is 250 g/mol. The largest absolute Gasteiger partial charge is 0.338 e. The predicted molar refractivity (Wildman–Crippen MR) is 60.3 cm³/mol. The molecule has 2 aromatic heterocycles. The van der Waals surface area contributed by atoms with Gasteiger partial charge in [0.15, 0.2) is 0 Å². The summed E-state index contributed by atoms with van der Waals surface area (Å²) >= 11 is 0. The fourth-order valence-electron chi connectivity index (χ4n) is 1.36. The topological polar surface area (TPSA) is 66.9 Å². The molecule has 0 saturated carbocycles. The van der Waals surface area contributed by atoms with Crippen LogP contribution in [-0.4, -0.2) is 15.9 Å². The Bertz CT molecular complexity index is 576. The van der Waals surface area contributed by atoms with E-state index in [2.05, 4.69) is 15.3 Å². The van der Waals surface area contributed by atoms with E-state index < -0.39 is 11.7 Å². The van der Waals surface area contributed by atoms with Gasteiger partial charge < -0.3 is 5.32 Å². The summed E-state index contributed by atoms with van der Waals surface area (Å²) in [7, 11) is 0. The van der Waals surface area contributed by atoms with E-state index in [1.165, 1.54) is 30.6 Å². The van der Waals surface area contributed by atoms with Gasteiger partial charge in [-0.05, 0) is 12.1 Å². The molecule has 0 aromatic carbocycles. The van der Waals surface area contributed by atoms with E-state index in [1.807, 2.05) is 0 Å². The quantitative estimate of drug-likeness (QED) is 0.817. The Labute approximate surface area is 101 Å². The third-order valence-corrected chi connectivity index (χ3v) is 2.11. The predicted octanol–water partition coefficient (Wildman–Crippen LogP) is 1.97. The van der Waals surface area contributed by atoms with Crippen LogP contribution in [0.15, 0.2) is 36.8 Å². The Hall–Kier alpha value is -2.57. The highest BCUT2D eigenvalue weighted by atomic mass is 19.2. The maximum absolute atomic E-state index is 12.9. The molecule has 92 valence electrons. The van der Waals surface area contributed by atoms with Gasteiger partial charge in [0.2, 0.25) is 0 Å². The zero-order valence-electron chi connectivity index (χ0n) is 9.02. The average molecular weight is 250 g/mol. The molecule has 0 unspecified atom stereocenters. The van der Waals surface area contributed by atoms with Crippen molar-refractivity contribution < 1.29 is 13.7 Å². The fourth-order valence-corrected chi connectivity index (χ4v) is 1.36. The van der Waals surface area contributed by atoms with E-state index in [1.54, 1.807) is 0 Å². The van der Waals surface area contributed by atoms with Gasteiger partial charge in [0.1, 0.15) is 11.6 Å². The molecule has 0 aliphatic heterocycles. The van der Waals surface area contributed by atoms with Crippen LogP contribution in [0.5, 0.6) is 0 Å². The summed E-state index contributed by atoms with van der Waals surface area (Å²) in [6.07, 6.45) is 3.82. The van der Waals surface area contributed by atoms with Crippen molar-refractivity contribution in [2.24, 2.45) is 0 Å². The third kappa shape index (κ3) is 2.57. The molecule has 18 heavy (non-hydrogen) atoms. The van der Waals surface area contributed by atoms with Gasteiger partial charge in [-0.1, -0.05) is 4.48 Å². The smallest absolute Gasteiger partial charge is 0.282 e. The van der Waals surface area contributed by atoms with E-state index in [0.29, 0.717) is 5.69 Å². The van der Waals surface area contributed by atoms with Gasteiger partial charge in [0, 0.05) is 12.3 Å². The molecule has 0 aliphatic carbocycles. The van der Waals surface area contributed by atoms with Gasteiger partial charge in [0.05, 0.1) is 23.6 Å². The van der Waals surface area contributed by atoms with Crippen LogP contribution in [0, 0.1) is 5.82 Å². The van der Waals surface area contributed by atoms with Crippen LogP contribution in [0.3, 0.4) is 0 Å². The minimum absolute atomic E-state index is 0.00395. The van der Waals surface area contributed by atoms with Crippen molar-refractivity contribution in [1.82, 2.24) is 15.5 Å².